The molecule has 5 nitrogen and oxygen atoms in total. The molecule has 1 atom stereocenters. The molecule has 0 aromatic heterocycles. The lowest BCUT2D eigenvalue weighted by Crippen LogP contribution is -2.28. The first-order valence-corrected chi connectivity index (χ1v) is 36.0. The molecule has 0 aromatic carbocycles. The number of hydrogen-bond acceptors (Lipinski definition) is 5. The second kappa shape index (κ2) is 74.8. The predicted molar refractivity (Wildman–Crippen MR) is 380 cm³/mol. The maximum atomic E-state index is 12.4. The number of hydrogen-bond donors (Lipinski definition) is 1. The van der Waals surface area contributed by atoms with Crippen molar-refractivity contribution < 1.29 is 24.2 Å². The van der Waals surface area contributed by atoms with E-state index < -0.39 is 6.10 Å². The fourth-order valence-electron chi connectivity index (χ4n) is 9.95. The van der Waals surface area contributed by atoms with Crippen LogP contribution in [0, 0.1) is 0 Å². The molecule has 0 spiro atoms. The summed E-state index contributed by atoms with van der Waals surface area (Å²) in [4.78, 5) is 24.6. The fraction of sp³-hybridized carbons (Fsp3) is 0.654. The van der Waals surface area contributed by atoms with Gasteiger partial charge in [-0.3, -0.25) is 9.59 Å². The van der Waals surface area contributed by atoms with E-state index in [1.165, 1.54) is 180 Å². The van der Waals surface area contributed by atoms with Gasteiger partial charge in [-0.2, -0.15) is 0 Å². The van der Waals surface area contributed by atoms with Gasteiger partial charge in [0.05, 0.1) is 6.61 Å². The van der Waals surface area contributed by atoms with Gasteiger partial charge in [-0.1, -0.05) is 339 Å². The molecule has 5 heteroatoms. The van der Waals surface area contributed by atoms with Crippen LogP contribution >= 0.6 is 0 Å². The van der Waals surface area contributed by atoms with Crippen LogP contribution in [0.15, 0.2) is 158 Å². The smallest absolute Gasteiger partial charge is 0.306 e. The van der Waals surface area contributed by atoms with Crippen LogP contribution in [0.5, 0.6) is 0 Å². The van der Waals surface area contributed by atoms with E-state index in [9.17, 15) is 14.7 Å². The zero-order valence-electron chi connectivity index (χ0n) is 56.0. The van der Waals surface area contributed by atoms with Crippen molar-refractivity contribution in [2.24, 2.45) is 0 Å². The van der Waals surface area contributed by atoms with Crippen LogP contribution in [0.3, 0.4) is 0 Å². The van der Waals surface area contributed by atoms with Crippen molar-refractivity contribution in [2.75, 3.05) is 13.2 Å². The Kier molecular flexibility index (Phi) is 70.9. The van der Waals surface area contributed by atoms with E-state index in [1.54, 1.807) is 0 Å². The number of carbonyl (C=O) groups is 2. The molecule has 86 heavy (non-hydrogen) atoms. The monoisotopic (exact) mass is 1190 g/mol. The van der Waals surface area contributed by atoms with Crippen LogP contribution < -0.4 is 0 Å². The Morgan fingerprint density at radius 3 is 0.791 bits per heavy atom. The third kappa shape index (κ3) is 72.0. The normalized spacial score (nSPS) is 13.2. The molecule has 0 aromatic rings. The van der Waals surface area contributed by atoms with Crippen molar-refractivity contribution in [3.63, 3.8) is 0 Å². The van der Waals surface area contributed by atoms with Gasteiger partial charge < -0.3 is 14.6 Å². The molecule has 0 radical (unpaired) electrons. The Bertz CT molecular complexity index is 1830. The van der Waals surface area contributed by atoms with Crippen LogP contribution in [-0.4, -0.2) is 36.4 Å². The molecular formula is C81H134O5. The van der Waals surface area contributed by atoms with Gasteiger partial charge in [-0.05, 0) is 128 Å². The highest BCUT2D eigenvalue weighted by Crippen LogP contribution is 2.17. The molecule has 1 N–H and O–H groups in total. The lowest BCUT2D eigenvalue weighted by molar-refractivity contribution is -0.161. The summed E-state index contributed by atoms with van der Waals surface area (Å²) in [6, 6.07) is 0. The number of unbranched alkanes of at least 4 members (excludes halogenated alkanes) is 31. The Hall–Kier alpha value is -4.48. The summed E-state index contributed by atoms with van der Waals surface area (Å²) in [5, 5.41) is 9.70. The maximum Gasteiger partial charge on any atom is 0.306 e. The summed E-state index contributed by atoms with van der Waals surface area (Å²) in [6.07, 6.45) is 114. The Morgan fingerprint density at radius 2 is 0.500 bits per heavy atom. The van der Waals surface area contributed by atoms with Crippen molar-refractivity contribution in [2.45, 2.75) is 328 Å². The number of rotatable bonds is 65. The molecular weight excluding hydrogens is 1050 g/mol. The highest BCUT2D eigenvalue weighted by molar-refractivity contribution is 5.70. The number of esters is 2. The van der Waals surface area contributed by atoms with E-state index in [4.69, 9.17) is 9.47 Å². The maximum absolute atomic E-state index is 12.4. The minimum absolute atomic E-state index is 0.0902. The largest absolute Gasteiger partial charge is 0.462 e. The van der Waals surface area contributed by atoms with Gasteiger partial charge in [0, 0.05) is 12.8 Å². The molecule has 1 unspecified atom stereocenters. The van der Waals surface area contributed by atoms with Gasteiger partial charge >= 0.3 is 11.9 Å². The van der Waals surface area contributed by atoms with Gasteiger partial charge in [-0.25, -0.2) is 0 Å². The molecule has 0 saturated carbocycles. The molecule has 0 aliphatic rings. The zero-order valence-corrected chi connectivity index (χ0v) is 56.0. The van der Waals surface area contributed by atoms with E-state index in [0.717, 1.165) is 116 Å². The average Bonchev–Trinajstić information content (AvgIpc) is 3.55. The Balaban J connectivity index is 3.59. The van der Waals surface area contributed by atoms with Gasteiger partial charge in [0.15, 0.2) is 6.10 Å². The van der Waals surface area contributed by atoms with Gasteiger partial charge in [0.1, 0.15) is 6.61 Å². The molecule has 0 aliphatic carbocycles. The lowest BCUT2D eigenvalue weighted by Gasteiger charge is -2.15. The van der Waals surface area contributed by atoms with E-state index >= 15 is 0 Å². The first kappa shape index (κ1) is 81.5. The van der Waals surface area contributed by atoms with E-state index in [2.05, 4.69) is 172 Å². The van der Waals surface area contributed by atoms with Crippen molar-refractivity contribution in [1.82, 2.24) is 0 Å². The van der Waals surface area contributed by atoms with Crippen molar-refractivity contribution >= 4 is 11.9 Å². The number of aliphatic hydroxyl groups is 1. The third-order valence-corrected chi connectivity index (χ3v) is 15.3. The quantitative estimate of drug-likeness (QED) is 0.0373. The van der Waals surface area contributed by atoms with Crippen molar-refractivity contribution in [1.29, 1.82) is 0 Å². The number of ether oxygens (including phenoxy) is 2. The topological polar surface area (TPSA) is 72.8 Å². The third-order valence-electron chi connectivity index (χ3n) is 15.3. The van der Waals surface area contributed by atoms with Crippen LogP contribution in [0.4, 0.5) is 0 Å². The second-order valence-corrected chi connectivity index (χ2v) is 23.6. The average molecular weight is 1190 g/mol. The standard InChI is InChI=1S/C81H134O5/c1-3-5-7-9-11-13-15-17-19-21-23-25-27-29-31-33-35-37-38-39-40-41-42-44-46-48-50-52-54-56-58-60-62-64-66-68-70-72-74-76-81(84)86-79(77-82)78-85-80(83)75-73-71-69-67-65-63-61-59-57-55-53-51-49-47-45-43-36-34-32-30-28-26-24-22-20-18-16-14-12-10-8-6-4-2/h5,7,11,13,17,19,22-25,29,31,35,37,39-40,42,44,48,50,54,56,60,62,66,68,79,82H,3-4,6,8-10,12,14-16,18,20-21,26-28,30,32-34,36,38,41,43,45-47,49,51-53,55,57-59,61,63-65,67,69-78H2,1-2H3/b7-5-,13-11-,19-17-,24-22-,25-23-,31-29-,37-35-,40-39-,44-42-,50-48-,56-54-,62-60-,68-66-. The molecule has 0 bridgehead atoms. The molecule has 488 valence electrons. The number of aliphatic hydroxyl groups excluding tert-OH is 1. The first-order valence-electron chi connectivity index (χ1n) is 36.0. The second-order valence-electron chi connectivity index (χ2n) is 23.6. The number of allylic oxidation sites excluding steroid dienone is 26. The summed E-state index contributed by atoms with van der Waals surface area (Å²) >= 11 is 0. The number of carbonyl (C=O) groups excluding carboxylic acids is 2. The van der Waals surface area contributed by atoms with Gasteiger partial charge in [-0.15, -0.1) is 0 Å². The molecule has 0 fully saturated rings. The molecule has 0 aliphatic heterocycles. The molecule has 0 amide bonds. The van der Waals surface area contributed by atoms with Crippen LogP contribution in [0.2, 0.25) is 0 Å². The van der Waals surface area contributed by atoms with Crippen LogP contribution in [-0.2, 0) is 19.1 Å². The van der Waals surface area contributed by atoms with Crippen LogP contribution in [0.25, 0.3) is 0 Å². The van der Waals surface area contributed by atoms with E-state index in [0.29, 0.717) is 12.8 Å². The summed E-state index contributed by atoms with van der Waals surface area (Å²) in [7, 11) is 0. The first-order chi connectivity index (χ1) is 42.6. The fourth-order valence-corrected chi connectivity index (χ4v) is 9.95. The SMILES string of the molecule is CC/C=C\C/C=C\C/C=C\C/C=C\C/C=C\C/C=C\C/C=C\C/C=C\C/C=C\C/C=C\C/C=C\C/C=C\CCCCC(=O)OC(CO)COC(=O)CCCCCCCCCCCCCCCCCCCCCCC/C=C\CCCCCCCCCC. The molecule has 0 saturated heterocycles. The summed E-state index contributed by atoms with van der Waals surface area (Å²) in [5.41, 5.74) is 0. The molecule has 0 heterocycles. The highest BCUT2D eigenvalue weighted by Gasteiger charge is 2.16. The molecule has 0 rings (SSSR count). The lowest BCUT2D eigenvalue weighted by atomic mass is 10.0. The summed E-state index contributed by atoms with van der Waals surface area (Å²) in [5.74, 6) is -0.641. The highest BCUT2D eigenvalue weighted by atomic mass is 16.6. The van der Waals surface area contributed by atoms with E-state index in [1.807, 2.05) is 0 Å². The minimum atomic E-state index is -0.807. The van der Waals surface area contributed by atoms with E-state index in [-0.39, 0.29) is 25.2 Å². The van der Waals surface area contributed by atoms with Crippen molar-refractivity contribution in [3.05, 3.63) is 158 Å². The van der Waals surface area contributed by atoms with Crippen molar-refractivity contribution in [3.8, 4) is 0 Å². The Morgan fingerprint density at radius 1 is 0.279 bits per heavy atom. The predicted octanol–water partition coefficient (Wildman–Crippen LogP) is 25.4. The van der Waals surface area contributed by atoms with Gasteiger partial charge in [0.25, 0.3) is 0 Å². The summed E-state index contributed by atoms with van der Waals surface area (Å²) < 4.78 is 10.7. The zero-order chi connectivity index (χ0) is 61.9. The summed E-state index contributed by atoms with van der Waals surface area (Å²) in [6.45, 7) is 4.01. The Labute approximate surface area is 532 Å². The van der Waals surface area contributed by atoms with Gasteiger partial charge in [0.2, 0.25) is 0 Å². The minimum Gasteiger partial charge on any atom is -0.462 e. The van der Waals surface area contributed by atoms with Crippen LogP contribution in [0.1, 0.15) is 322 Å².